The number of hydrogen-bond donors (Lipinski definition) is 0. The molecule has 118 valence electrons. The number of rotatable bonds is 7. The number of fused-ring (bicyclic) bond motifs is 1. The van der Waals surface area contributed by atoms with Crippen LogP contribution in [0.2, 0.25) is 0 Å². The van der Waals surface area contributed by atoms with Gasteiger partial charge >= 0.3 is 0 Å². The zero-order valence-electron chi connectivity index (χ0n) is 13.4. The molecule has 0 N–H and O–H groups in total. The summed E-state index contributed by atoms with van der Waals surface area (Å²) in [5, 5.41) is 11.8. The average molecular weight is 316 g/mol. The molecule has 0 aliphatic heterocycles. The maximum absolute atomic E-state index is 10.7. The minimum absolute atomic E-state index is 0.0760. The fourth-order valence-corrected chi connectivity index (χ4v) is 3.77. The maximum Gasteiger partial charge on any atom is 0.0716 e. The van der Waals surface area contributed by atoms with Crippen LogP contribution in [-0.4, -0.2) is 16.7 Å². The number of aliphatic carboxylic acids is 1. The zero-order chi connectivity index (χ0) is 16.1. The number of carboxylic acids is 1. The normalized spacial score (nSPS) is 11.0. The van der Waals surface area contributed by atoms with Gasteiger partial charge in [0.2, 0.25) is 0 Å². The van der Waals surface area contributed by atoms with Crippen molar-refractivity contribution in [3.8, 4) is 0 Å². The second kappa shape index (κ2) is 7.63. The fraction of sp³-hybridized carbons (Fsp3) is 0.444. The van der Waals surface area contributed by atoms with Crippen molar-refractivity contribution in [3.63, 3.8) is 0 Å². The number of benzene rings is 1. The third-order valence-corrected chi connectivity index (χ3v) is 4.89. The van der Waals surface area contributed by atoms with Crippen LogP contribution in [0.1, 0.15) is 43.0 Å². The van der Waals surface area contributed by atoms with Crippen LogP contribution < -0.4 is 5.11 Å². The molecule has 4 heteroatoms. The molecule has 0 spiro atoms. The lowest BCUT2D eigenvalue weighted by Crippen LogP contribution is -2.22. The van der Waals surface area contributed by atoms with Gasteiger partial charge in [0, 0.05) is 27.7 Å². The van der Waals surface area contributed by atoms with Gasteiger partial charge in [-0.1, -0.05) is 25.0 Å². The quantitative estimate of drug-likeness (QED) is 0.734. The molecule has 1 aromatic carbocycles. The Balaban J connectivity index is 2.48. The Kier molecular flexibility index (Phi) is 5.83. The van der Waals surface area contributed by atoms with E-state index >= 15 is 0 Å². The molecule has 1 heterocycles. The Morgan fingerprint density at radius 3 is 2.77 bits per heavy atom. The second-order valence-corrected chi connectivity index (χ2v) is 6.70. The monoisotopic (exact) mass is 316 g/mol. The summed E-state index contributed by atoms with van der Waals surface area (Å²) >= 11 is 1.62. The highest BCUT2D eigenvalue weighted by Gasteiger charge is 2.13. The van der Waals surface area contributed by atoms with Gasteiger partial charge < -0.3 is 9.90 Å². The maximum atomic E-state index is 10.7. The van der Waals surface area contributed by atoms with Crippen LogP contribution in [0.25, 0.3) is 10.9 Å². The third-order valence-electron chi connectivity index (χ3n) is 3.73. The zero-order valence-corrected chi connectivity index (χ0v) is 14.3. The van der Waals surface area contributed by atoms with Crippen LogP contribution in [-0.2, 0) is 11.2 Å². The molecule has 0 radical (unpaired) electrons. The third kappa shape index (κ3) is 4.01. The molecule has 0 unspecified atom stereocenters. The van der Waals surface area contributed by atoms with E-state index in [0.717, 1.165) is 35.9 Å². The molecule has 0 aliphatic rings. The highest BCUT2D eigenvalue weighted by molar-refractivity contribution is 7.99. The Morgan fingerprint density at radius 2 is 2.09 bits per heavy atom. The van der Waals surface area contributed by atoms with Gasteiger partial charge in [-0.15, -0.1) is 11.8 Å². The topological polar surface area (TPSA) is 53.0 Å². The van der Waals surface area contributed by atoms with Crippen LogP contribution in [0.3, 0.4) is 0 Å². The Labute approximate surface area is 136 Å². The molecule has 0 saturated carbocycles. The average Bonchev–Trinajstić information content (AvgIpc) is 2.46. The van der Waals surface area contributed by atoms with E-state index in [2.05, 4.69) is 26.0 Å². The van der Waals surface area contributed by atoms with E-state index < -0.39 is 5.97 Å². The molecular formula is C18H22NO2S-. The molecule has 2 aromatic rings. The van der Waals surface area contributed by atoms with E-state index in [0.29, 0.717) is 5.75 Å². The lowest BCUT2D eigenvalue weighted by atomic mass is 10.0. The number of thioether (sulfide) groups is 1. The van der Waals surface area contributed by atoms with Gasteiger partial charge in [0.15, 0.2) is 0 Å². The van der Waals surface area contributed by atoms with E-state index in [1.807, 2.05) is 13.0 Å². The summed E-state index contributed by atoms with van der Waals surface area (Å²) in [6.07, 6.45) is 3.32. The Bertz CT molecular complexity index is 682. The van der Waals surface area contributed by atoms with Crippen molar-refractivity contribution >= 4 is 28.6 Å². The highest BCUT2D eigenvalue weighted by Crippen LogP contribution is 2.34. The number of carbonyl (C=O) groups is 1. The molecule has 0 saturated heterocycles. The van der Waals surface area contributed by atoms with Crippen LogP contribution in [0.15, 0.2) is 23.1 Å². The van der Waals surface area contributed by atoms with Crippen molar-refractivity contribution in [2.45, 2.75) is 51.3 Å². The minimum atomic E-state index is -0.992. The van der Waals surface area contributed by atoms with Crippen LogP contribution in [0.5, 0.6) is 0 Å². The molecule has 0 bridgehead atoms. The number of hydrogen-bond acceptors (Lipinski definition) is 4. The van der Waals surface area contributed by atoms with Gasteiger partial charge in [-0.3, -0.25) is 4.98 Å². The first kappa shape index (κ1) is 16.8. The number of pyridine rings is 1. The molecule has 3 nitrogen and oxygen atoms in total. The van der Waals surface area contributed by atoms with E-state index in [-0.39, 0.29) is 6.42 Å². The van der Waals surface area contributed by atoms with Crippen molar-refractivity contribution < 1.29 is 9.90 Å². The first-order chi connectivity index (χ1) is 10.5. The smallest absolute Gasteiger partial charge is 0.0716 e. The number of aromatic nitrogens is 1. The predicted molar refractivity (Wildman–Crippen MR) is 90.2 cm³/mol. The van der Waals surface area contributed by atoms with Gasteiger partial charge in [0.1, 0.15) is 0 Å². The summed E-state index contributed by atoms with van der Waals surface area (Å²) < 4.78 is 0. The first-order valence-electron chi connectivity index (χ1n) is 7.75. The standard InChI is InChI=1S/C18H23NO2S/c1-4-5-6-14-13(3)19-16-8-7-12(2)11-15(16)18(14)22-10-9-17(20)21/h7-8,11H,4-6,9-10H2,1-3H3,(H,20,21)/p-1. The Hall–Kier alpha value is -1.55. The number of unbranched alkanes of at least 4 members (excludes halogenated alkanes) is 1. The molecule has 2 rings (SSSR count). The summed E-state index contributed by atoms with van der Waals surface area (Å²) in [6, 6.07) is 6.26. The van der Waals surface area contributed by atoms with Crippen molar-refractivity contribution in [1.82, 2.24) is 4.98 Å². The van der Waals surface area contributed by atoms with Crippen LogP contribution >= 0.6 is 11.8 Å². The SMILES string of the molecule is CCCCc1c(C)nc2ccc(C)cc2c1SCCC(=O)[O-]. The number of nitrogens with zero attached hydrogens (tertiary/aromatic N) is 1. The van der Waals surface area contributed by atoms with Gasteiger partial charge in [-0.05, 0) is 50.8 Å². The number of carbonyl (C=O) groups excluding carboxylic acids is 1. The van der Waals surface area contributed by atoms with E-state index in [1.165, 1.54) is 16.0 Å². The molecule has 1 aromatic heterocycles. The van der Waals surface area contributed by atoms with E-state index in [9.17, 15) is 9.90 Å². The number of aryl methyl sites for hydroxylation is 2. The summed E-state index contributed by atoms with van der Waals surface area (Å²) in [4.78, 5) is 16.6. The van der Waals surface area contributed by atoms with Gasteiger partial charge in [0.25, 0.3) is 0 Å². The summed E-state index contributed by atoms with van der Waals surface area (Å²) in [7, 11) is 0. The van der Waals surface area contributed by atoms with Gasteiger partial charge in [0.05, 0.1) is 5.52 Å². The lowest BCUT2D eigenvalue weighted by Gasteiger charge is -2.15. The van der Waals surface area contributed by atoms with Crippen LogP contribution in [0, 0.1) is 13.8 Å². The largest absolute Gasteiger partial charge is 0.550 e. The molecule has 0 aliphatic carbocycles. The summed E-state index contributed by atoms with van der Waals surface area (Å²) in [5.41, 5.74) is 4.50. The molecule has 0 fully saturated rings. The van der Waals surface area contributed by atoms with E-state index in [4.69, 9.17) is 4.98 Å². The van der Waals surface area contributed by atoms with Gasteiger partial charge in [-0.2, -0.15) is 0 Å². The predicted octanol–water partition coefficient (Wildman–Crippen LogP) is 3.43. The summed E-state index contributed by atoms with van der Waals surface area (Å²) in [6.45, 7) is 6.30. The van der Waals surface area contributed by atoms with Crippen molar-refractivity contribution in [1.29, 1.82) is 0 Å². The lowest BCUT2D eigenvalue weighted by molar-refractivity contribution is -0.305. The first-order valence-corrected chi connectivity index (χ1v) is 8.74. The number of carboxylic acid groups (broad SMARTS) is 1. The second-order valence-electron chi connectivity index (χ2n) is 5.60. The van der Waals surface area contributed by atoms with E-state index in [1.54, 1.807) is 11.8 Å². The van der Waals surface area contributed by atoms with Crippen molar-refractivity contribution in [2.24, 2.45) is 0 Å². The fourth-order valence-electron chi connectivity index (χ4n) is 2.55. The van der Waals surface area contributed by atoms with Gasteiger partial charge in [-0.25, -0.2) is 0 Å². The van der Waals surface area contributed by atoms with Crippen molar-refractivity contribution in [3.05, 3.63) is 35.0 Å². The molecule has 0 atom stereocenters. The Morgan fingerprint density at radius 1 is 1.32 bits per heavy atom. The summed E-state index contributed by atoms with van der Waals surface area (Å²) in [5.74, 6) is -0.456. The molecular weight excluding hydrogens is 294 g/mol. The molecule has 0 amide bonds. The molecule has 22 heavy (non-hydrogen) atoms. The van der Waals surface area contributed by atoms with Crippen LogP contribution in [0.4, 0.5) is 0 Å². The highest BCUT2D eigenvalue weighted by atomic mass is 32.2. The van der Waals surface area contributed by atoms with Crippen molar-refractivity contribution in [2.75, 3.05) is 5.75 Å². The minimum Gasteiger partial charge on any atom is -0.550 e.